The van der Waals surface area contributed by atoms with Gasteiger partial charge in [-0.15, -0.1) is 23.4 Å². The third kappa shape index (κ3) is 18.6. The lowest BCUT2D eigenvalue weighted by Gasteiger charge is -2.27. The van der Waals surface area contributed by atoms with E-state index < -0.39 is 252 Å². The van der Waals surface area contributed by atoms with Crippen LogP contribution in [-0.2, 0) is 113 Å². The Hall–Kier alpha value is -8.22. The molecule has 0 radical (unpaired) electrons. The fourth-order valence-electron chi connectivity index (χ4n) is 16.2. The van der Waals surface area contributed by atoms with Crippen molar-refractivity contribution in [3.8, 4) is 0 Å². The standard InChI is InChI=1S/C21H23ClN8O13P2.C21H23FN8O10P2S3.C21H24N8O14P2/c22-10-14-9(41-19(10)29-5-25-11-7(31)1-2-24-16(11)29)4-39-45(36,37)43-15-13(32)8(3-38-44(34,35)42-14)40-20(15)30-6-26-12-17(30)27-21(23)28-18(12)33;22-10-14-8(38-19(10)29-5-25-11-7(31)1-2-24-16(11)29)3-36-41(34,43)40-15-13(32)9(4-37-42(35,44)39-14)45-20(15)30-6-26-12-17(30)27-21(23)28-18(12)33;22-21-26-18-11(19(33)27-21)24-6-28(18)20-16-12(31)8(41-20)4-38-44(34,35)42-15-9(5-39-45(36,37)43-16)40-14(13(15)32)7-3-25-29-10(30)1-2-23-17(7)29/h2,5-6,8-10,13-15,19-20,32H,1,3-4H2,(H,34,35)(H,36,37)(H3,23,27,28,33);2,5-6,8-10,13-15,19-20,32H,1,3-4H2,(H,34,43)(H,35,44)(H3,23,27,28,33);2-3,6,8-9,12-16,20,31-32H,1,4-5H2,(H,34,35)(H,36,37)(H3,22,26,27,33)/t8-,9-,10+,13-,14-,15-,19-,20-;8-,9-,10+,13-,14-,15-,19-,20-,41?,42?;8-,9-,12+,13?,14+,15+,16?,20-/m111/s1. The van der Waals surface area contributed by atoms with Gasteiger partial charge < -0.3 is 90.3 Å². The van der Waals surface area contributed by atoms with Gasteiger partial charge in [0.2, 0.25) is 17.8 Å². The molecule has 21 rings (SSSR count). The molecule has 135 heavy (non-hydrogen) atoms. The molecule has 18 N–H and O–H groups in total. The van der Waals surface area contributed by atoms with Crippen LogP contribution in [0.2, 0.25) is 0 Å². The van der Waals surface area contributed by atoms with Crippen molar-refractivity contribution in [2.45, 2.75) is 164 Å². The van der Waals surface area contributed by atoms with Crippen LogP contribution >= 0.6 is 80.4 Å². The number of nitrogens with one attached hydrogen (secondary N) is 3. The molecule has 8 unspecified atom stereocenters. The number of phosphoric acid groups is 4. The maximum atomic E-state index is 16.0. The molecular weight excluding hydrogens is 2020 g/mol. The average molecular weight is 2090 g/mol. The summed E-state index contributed by atoms with van der Waals surface area (Å²) in [4.78, 5) is 179. The van der Waals surface area contributed by atoms with Crippen LogP contribution in [0.25, 0.3) is 33.5 Å². The molecule has 6 bridgehead atoms. The summed E-state index contributed by atoms with van der Waals surface area (Å²) in [6.45, 7) is -12.9. The molecule has 61 nitrogen and oxygen atoms in total. The summed E-state index contributed by atoms with van der Waals surface area (Å²) in [6, 6.07) is 0. The molecule has 72 heteroatoms. The molecule has 30 atom stereocenters. The molecular formula is C63H70ClFN24O37P6S3. The Bertz CT molecular complexity index is 6240. The molecule has 12 aliphatic rings. The van der Waals surface area contributed by atoms with E-state index in [4.69, 9.17) is 119 Å². The molecule has 9 aromatic rings. The van der Waals surface area contributed by atoms with Crippen LogP contribution in [0.5, 0.6) is 0 Å². The van der Waals surface area contributed by atoms with Gasteiger partial charge >= 0.3 is 44.8 Å². The number of hydrogen-bond donors (Lipinski definition) is 16. The first-order chi connectivity index (χ1) is 63.9. The van der Waals surface area contributed by atoms with E-state index >= 15 is 4.39 Å². The van der Waals surface area contributed by atoms with Gasteiger partial charge in [-0.3, -0.25) is 116 Å². The van der Waals surface area contributed by atoms with Crippen molar-refractivity contribution in [3.63, 3.8) is 0 Å². The van der Waals surface area contributed by atoms with Crippen LogP contribution in [0.3, 0.4) is 0 Å². The number of alkyl halides is 2. The number of nitrogens with two attached hydrogens (primary N) is 3. The Balaban J connectivity index is 0.000000130. The number of hydrogen-bond acceptors (Lipinski definition) is 49. The van der Waals surface area contributed by atoms with Crippen molar-refractivity contribution in [2.75, 3.05) is 56.8 Å². The summed E-state index contributed by atoms with van der Waals surface area (Å²) in [7, 11) is -20.3. The number of H-pyrrole nitrogens is 3. The molecule has 9 saturated heterocycles. The van der Waals surface area contributed by atoms with Crippen molar-refractivity contribution in [3.05, 3.63) is 85.8 Å². The topological polar surface area (TPSA) is 835 Å². The third-order valence-electron chi connectivity index (χ3n) is 22.3. The number of Topliss-reactive ketones (excluding diaryl/α,β-unsaturated/α-hetero) is 2. The van der Waals surface area contributed by atoms with E-state index in [0.29, 0.717) is 0 Å². The van der Waals surface area contributed by atoms with Gasteiger partial charge in [-0.2, -0.15) is 24.7 Å². The number of thioether (sulfide) groups is 1. The number of aromatic nitrogens is 18. The zero-order chi connectivity index (χ0) is 95.5. The molecule has 0 spiro atoms. The number of carbonyl (C=O) groups excluding carboxylic acids is 3. The number of rotatable bonds is 6. The van der Waals surface area contributed by atoms with E-state index in [1.54, 1.807) is 0 Å². The SMILES string of the molecule is Nc1nc2c(ncn2[C@@H]2O[C@@H]3COP(=O)(O)O[C@@H]4C(O)[C@H](c5cnn6c5N=CCC6=O)O[C@@H]4COP(=O)(O)OC2[C@H]3O)c(=O)[nH]1.Nc1nc2c(ncn2[C@@H]2O[C@@H]3COP(=O)(O)O[C@H]4[C@H](Cl)[C@H](n5cnc6c5N=CCC6=O)O[C@@H]4COP(=O)(O)O[C@@H]2[C@@H]3O)c(=O)[nH]1.Nc1nc2c(ncn2[C@@H]2S[C@@H]3COP(O)(=S)O[C@H]4[C@H](F)[C@H](n5cnc6c5N=CCC6=O)O[C@@H]4COP(=O)(S)O[C@@H]2[C@@H]3O)c(=O)[nH]1. The molecule has 12 aliphatic heterocycles. The van der Waals surface area contributed by atoms with Gasteiger partial charge in [-0.05, 0) is 11.8 Å². The van der Waals surface area contributed by atoms with E-state index in [1.807, 2.05) is 0 Å². The Kier molecular flexibility index (Phi) is 25.8. The number of imidazole rings is 5. The highest BCUT2D eigenvalue weighted by atomic mass is 35.5. The largest absolute Gasteiger partial charge is 0.472 e. The van der Waals surface area contributed by atoms with Gasteiger partial charge in [-0.25, -0.2) is 67.1 Å². The van der Waals surface area contributed by atoms with E-state index in [2.05, 4.69) is 87.1 Å². The van der Waals surface area contributed by atoms with E-state index in [-0.39, 0.29) is 117 Å². The number of phosphoric ester groups is 4. The Morgan fingerprint density at radius 1 is 0.467 bits per heavy atom. The highest BCUT2D eigenvalue weighted by molar-refractivity contribution is 8.44. The highest BCUT2D eigenvalue weighted by Gasteiger charge is 2.60. The summed E-state index contributed by atoms with van der Waals surface area (Å²) in [5.41, 5.74) is 14.6. The summed E-state index contributed by atoms with van der Waals surface area (Å²) in [5.74, 6) is -1.55. The summed E-state index contributed by atoms with van der Waals surface area (Å²) < 4.78 is 183. The normalized spacial score (nSPS) is 38.8. The van der Waals surface area contributed by atoms with Crippen LogP contribution in [0.4, 0.5) is 39.7 Å². The number of nitrogens with zero attached hydrogens (tertiary/aromatic N) is 18. The van der Waals surface area contributed by atoms with Crippen molar-refractivity contribution in [2.24, 2.45) is 15.0 Å². The predicted octanol–water partition coefficient (Wildman–Crippen LogP) is -0.740. The number of aromatic amines is 3. The quantitative estimate of drug-likeness (QED) is 0.0554. The fraction of sp³-hybridized carbons (Fsp3) is 0.524. The molecule has 0 aliphatic carbocycles. The molecule has 0 saturated carbocycles. The molecule has 0 amide bonds. The van der Waals surface area contributed by atoms with Gasteiger partial charge in [0.15, 0.2) is 105 Å². The minimum Gasteiger partial charge on any atom is -0.389 e. The number of fused-ring (bicyclic) bond motifs is 15. The number of halogens is 2. The Morgan fingerprint density at radius 3 is 1.41 bits per heavy atom. The zero-order valence-corrected chi connectivity index (χ0v) is 76.0. The highest BCUT2D eigenvalue weighted by Crippen LogP contribution is 2.63. The summed E-state index contributed by atoms with van der Waals surface area (Å²) in [6.07, 6.45) is -21.1. The fourth-order valence-corrected chi connectivity index (χ4v) is 25.1. The smallest absolute Gasteiger partial charge is 0.389 e. The molecule has 726 valence electrons. The van der Waals surface area contributed by atoms with Crippen LogP contribution in [0.1, 0.15) is 87.0 Å². The van der Waals surface area contributed by atoms with E-state index in [1.165, 1.54) is 57.5 Å². The predicted molar refractivity (Wildman–Crippen MR) is 452 cm³/mol. The van der Waals surface area contributed by atoms with Crippen LogP contribution in [-0.4, -0.2) is 316 Å². The van der Waals surface area contributed by atoms with Crippen LogP contribution < -0.4 is 33.9 Å². The Morgan fingerprint density at radius 2 is 0.889 bits per heavy atom. The van der Waals surface area contributed by atoms with Crippen molar-refractivity contribution >= 4 is 197 Å². The maximum Gasteiger partial charge on any atom is 0.472 e. The number of anilines is 3. The van der Waals surface area contributed by atoms with Gasteiger partial charge in [0.05, 0.1) is 95.2 Å². The van der Waals surface area contributed by atoms with E-state index in [9.17, 15) is 96.5 Å². The lowest BCUT2D eigenvalue weighted by molar-refractivity contribution is -0.0672. The van der Waals surface area contributed by atoms with Crippen molar-refractivity contribution in [1.82, 2.24) is 87.4 Å². The van der Waals surface area contributed by atoms with Crippen molar-refractivity contribution in [1.29, 1.82) is 0 Å². The molecule has 0 aromatic carbocycles. The minimum atomic E-state index is -5.12. The number of nitrogen functional groups attached to an aromatic ring is 3. The Labute approximate surface area is 766 Å². The minimum absolute atomic E-state index is 0.0115. The zero-order valence-electron chi connectivity index (χ0n) is 67.4. The lowest BCUT2D eigenvalue weighted by atomic mass is 10.0. The van der Waals surface area contributed by atoms with Crippen LogP contribution in [0.15, 0.2) is 67.2 Å². The molecule has 21 heterocycles. The third-order valence-corrected chi connectivity index (χ3v) is 31.4. The van der Waals surface area contributed by atoms with Crippen molar-refractivity contribution < 1.29 is 164 Å². The van der Waals surface area contributed by atoms with Crippen LogP contribution in [0, 0.1) is 0 Å². The second-order valence-electron chi connectivity index (χ2n) is 30.9. The van der Waals surface area contributed by atoms with Gasteiger partial charge in [0, 0.05) is 37.0 Å². The number of ketones is 2. The number of aliphatic hydroxyl groups excluding tert-OH is 4. The number of ether oxygens (including phenoxy) is 5. The number of carbonyl (C=O) groups is 3. The number of thiol groups is 1. The summed E-state index contributed by atoms with van der Waals surface area (Å²) >= 11 is 16.9. The maximum absolute atomic E-state index is 16.0. The first-order valence-electron chi connectivity index (χ1n) is 39.4. The lowest BCUT2D eigenvalue weighted by Crippen LogP contribution is -2.35. The monoisotopic (exact) mass is 2090 g/mol. The molecule has 9 aromatic heterocycles. The second-order valence-corrected chi connectivity index (χ2v) is 44.0. The first kappa shape index (κ1) is 95.7. The van der Waals surface area contributed by atoms with Gasteiger partial charge in [0.25, 0.3) is 22.6 Å². The van der Waals surface area contributed by atoms with Gasteiger partial charge in [-0.1, -0.05) is 12.2 Å². The van der Waals surface area contributed by atoms with Gasteiger partial charge in [0.1, 0.15) is 102 Å². The average Bonchev–Trinajstić information content (AvgIpc) is 1.62. The van der Waals surface area contributed by atoms with E-state index in [0.717, 1.165) is 38.2 Å². The number of aliphatic hydroxyl groups is 4. The first-order valence-corrected chi connectivity index (χ1v) is 52.0. The summed E-state index contributed by atoms with van der Waals surface area (Å²) in [5, 5.41) is 45.2. The number of aliphatic imine (C=N–C) groups is 3. The molecule has 9 fully saturated rings. The second kappa shape index (κ2) is 36.5.